The van der Waals surface area contributed by atoms with E-state index in [-0.39, 0.29) is 29.2 Å². The fraction of sp³-hybridized carbons (Fsp3) is 0.0312. The second-order valence-corrected chi connectivity index (χ2v) is 10.4. The van der Waals surface area contributed by atoms with Crippen LogP contribution in [0.5, 0.6) is 11.5 Å². The molecule has 0 aliphatic rings. The number of hydrogen-bond acceptors (Lipinski definition) is 5. The largest absolute Gasteiger partial charge is 0.450 e. The highest BCUT2D eigenvalue weighted by Gasteiger charge is 2.17. The van der Waals surface area contributed by atoms with E-state index in [9.17, 15) is 14.0 Å². The van der Waals surface area contributed by atoms with Crippen molar-refractivity contribution >= 4 is 45.3 Å². The Kier molecular flexibility index (Phi) is 7.53. The molecule has 208 valence electrons. The number of fused-ring (bicyclic) bond motifs is 1. The molecule has 6 rings (SSSR count). The first-order chi connectivity index (χ1) is 20.4. The Bertz CT molecular complexity index is 1990. The third kappa shape index (κ3) is 5.66. The summed E-state index contributed by atoms with van der Waals surface area (Å²) in [6.45, 7) is 0. The molecule has 0 fully saturated rings. The number of nitrogens with zero attached hydrogens (tertiary/aromatic N) is 2. The van der Waals surface area contributed by atoms with Crippen LogP contribution in [0.15, 0.2) is 113 Å². The SMILES string of the molecule is O=C(Cc1c(I)ccn(-c2ccc(F)cc2)c1=O)Nc1ccc(Oc2ccnc3cc(-c4ccccc4)oc23)c(F)c1. The van der Waals surface area contributed by atoms with Crippen molar-refractivity contribution in [3.05, 3.63) is 135 Å². The van der Waals surface area contributed by atoms with Gasteiger partial charge in [-0.1, -0.05) is 30.3 Å². The van der Waals surface area contributed by atoms with Crippen LogP contribution in [0.2, 0.25) is 0 Å². The summed E-state index contributed by atoms with van der Waals surface area (Å²) in [4.78, 5) is 30.3. The third-order valence-electron chi connectivity index (χ3n) is 6.45. The zero-order chi connectivity index (χ0) is 29.2. The Morgan fingerprint density at radius 3 is 2.50 bits per heavy atom. The van der Waals surface area contributed by atoms with Crippen molar-refractivity contribution in [3.8, 4) is 28.5 Å². The van der Waals surface area contributed by atoms with Crippen LogP contribution >= 0.6 is 22.6 Å². The molecule has 0 radical (unpaired) electrons. The molecule has 0 saturated carbocycles. The second-order valence-electron chi connectivity index (χ2n) is 9.27. The topological polar surface area (TPSA) is 86.4 Å². The van der Waals surface area contributed by atoms with E-state index < -0.39 is 23.1 Å². The normalized spacial score (nSPS) is 11.0. The predicted octanol–water partition coefficient (Wildman–Crippen LogP) is 7.50. The number of hydrogen-bond donors (Lipinski definition) is 1. The number of furan rings is 1. The van der Waals surface area contributed by atoms with E-state index in [1.165, 1.54) is 41.0 Å². The molecule has 42 heavy (non-hydrogen) atoms. The first-order valence-corrected chi connectivity index (χ1v) is 13.8. The number of rotatable bonds is 7. The summed E-state index contributed by atoms with van der Waals surface area (Å²) in [6, 6.07) is 24.1. The molecule has 3 aromatic heterocycles. The van der Waals surface area contributed by atoms with Crippen molar-refractivity contribution in [1.29, 1.82) is 0 Å². The third-order valence-corrected chi connectivity index (χ3v) is 7.46. The van der Waals surface area contributed by atoms with Gasteiger partial charge in [-0.25, -0.2) is 8.78 Å². The van der Waals surface area contributed by atoms with Gasteiger partial charge in [0.2, 0.25) is 5.91 Å². The molecule has 0 spiro atoms. The lowest BCUT2D eigenvalue weighted by atomic mass is 10.1. The molecule has 0 aliphatic carbocycles. The Morgan fingerprint density at radius 1 is 0.952 bits per heavy atom. The minimum atomic E-state index is -0.708. The first kappa shape index (κ1) is 27.3. The summed E-state index contributed by atoms with van der Waals surface area (Å²) in [5.74, 6) is -0.819. The summed E-state index contributed by atoms with van der Waals surface area (Å²) in [5, 5.41) is 2.63. The summed E-state index contributed by atoms with van der Waals surface area (Å²) in [5.41, 5.74) is 2.31. The Labute approximate surface area is 251 Å². The molecule has 0 unspecified atom stereocenters. The number of amides is 1. The quantitative estimate of drug-likeness (QED) is 0.177. The van der Waals surface area contributed by atoms with Crippen molar-refractivity contribution in [2.24, 2.45) is 0 Å². The number of halogens is 3. The van der Waals surface area contributed by atoms with Crippen LogP contribution in [0.3, 0.4) is 0 Å². The van der Waals surface area contributed by atoms with Gasteiger partial charge in [-0.3, -0.25) is 19.1 Å². The molecule has 3 aromatic carbocycles. The van der Waals surface area contributed by atoms with Crippen molar-refractivity contribution in [2.75, 3.05) is 5.32 Å². The maximum atomic E-state index is 15.1. The van der Waals surface area contributed by atoms with Crippen LogP contribution in [-0.4, -0.2) is 15.5 Å². The van der Waals surface area contributed by atoms with Crippen molar-refractivity contribution in [3.63, 3.8) is 0 Å². The minimum Gasteiger partial charge on any atom is -0.450 e. The molecule has 0 atom stereocenters. The molecule has 1 amide bonds. The number of carbonyl (C=O) groups is 1. The summed E-state index contributed by atoms with van der Waals surface area (Å²) in [7, 11) is 0. The molecule has 6 aromatic rings. The van der Waals surface area contributed by atoms with E-state index >= 15 is 4.39 Å². The van der Waals surface area contributed by atoms with Crippen molar-refractivity contribution in [2.45, 2.75) is 6.42 Å². The number of nitrogens with one attached hydrogen (secondary N) is 1. The van der Waals surface area contributed by atoms with Crippen LogP contribution in [-0.2, 0) is 11.2 Å². The van der Waals surface area contributed by atoms with E-state index in [2.05, 4.69) is 10.3 Å². The van der Waals surface area contributed by atoms with Crippen LogP contribution in [0, 0.1) is 15.2 Å². The van der Waals surface area contributed by atoms with E-state index in [0.717, 1.165) is 11.6 Å². The Morgan fingerprint density at radius 2 is 1.74 bits per heavy atom. The smallest absolute Gasteiger partial charge is 0.259 e. The number of benzene rings is 3. The lowest BCUT2D eigenvalue weighted by Crippen LogP contribution is -2.27. The van der Waals surface area contributed by atoms with Crippen molar-refractivity contribution in [1.82, 2.24) is 9.55 Å². The number of pyridine rings is 2. The molecular weight excluding hydrogens is 655 g/mol. The zero-order valence-corrected chi connectivity index (χ0v) is 23.8. The minimum absolute atomic E-state index is 0.0713. The van der Waals surface area contributed by atoms with Crippen LogP contribution in [0.1, 0.15) is 5.56 Å². The molecule has 0 saturated heterocycles. The van der Waals surface area contributed by atoms with Gasteiger partial charge in [-0.05, 0) is 65.1 Å². The fourth-order valence-electron chi connectivity index (χ4n) is 4.41. The maximum Gasteiger partial charge on any atom is 0.259 e. The average Bonchev–Trinajstić information content (AvgIpc) is 3.43. The number of anilines is 1. The number of aromatic nitrogens is 2. The van der Waals surface area contributed by atoms with Gasteiger partial charge >= 0.3 is 0 Å². The van der Waals surface area contributed by atoms with E-state index in [4.69, 9.17) is 9.15 Å². The van der Waals surface area contributed by atoms with Crippen LogP contribution < -0.4 is 15.6 Å². The van der Waals surface area contributed by atoms with Gasteiger partial charge in [0.15, 0.2) is 22.9 Å². The van der Waals surface area contributed by atoms with Gasteiger partial charge in [0.25, 0.3) is 5.56 Å². The van der Waals surface area contributed by atoms with Gasteiger partial charge in [0.05, 0.1) is 6.42 Å². The molecular formula is C32H20F2IN3O4. The second kappa shape index (κ2) is 11.6. The van der Waals surface area contributed by atoms with Gasteiger partial charge in [0.1, 0.15) is 17.1 Å². The maximum absolute atomic E-state index is 15.1. The summed E-state index contributed by atoms with van der Waals surface area (Å²) in [6.07, 6.45) is 2.87. The van der Waals surface area contributed by atoms with Gasteiger partial charge < -0.3 is 14.5 Å². The van der Waals surface area contributed by atoms with Crippen molar-refractivity contribution < 1.29 is 22.7 Å². The Hall–Kier alpha value is -4.84. The van der Waals surface area contributed by atoms with Gasteiger partial charge in [0, 0.05) is 56.7 Å². The first-order valence-electron chi connectivity index (χ1n) is 12.7. The zero-order valence-electron chi connectivity index (χ0n) is 21.7. The average molecular weight is 675 g/mol. The highest BCUT2D eigenvalue weighted by molar-refractivity contribution is 14.1. The lowest BCUT2D eigenvalue weighted by Gasteiger charge is -2.12. The molecule has 10 heteroatoms. The van der Waals surface area contributed by atoms with Crippen LogP contribution in [0.25, 0.3) is 28.1 Å². The Balaban J connectivity index is 1.19. The van der Waals surface area contributed by atoms with E-state index in [1.807, 2.05) is 52.9 Å². The van der Waals surface area contributed by atoms with Crippen LogP contribution in [0.4, 0.5) is 14.5 Å². The molecule has 0 aliphatic heterocycles. The number of carbonyl (C=O) groups excluding carboxylic acids is 1. The predicted molar refractivity (Wildman–Crippen MR) is 163 cm³/mol. The highest BCUT2D eigenvalue weighted by atomic mass is 127. The van der Waals surface area contributed by atoms with E-state index in [0.29, 0.717) is 26.1 Å². The summed E-state index contributed by atoms with van der Waals surface area (Å²) < 4.78 is 42.2. The number of ether oxygens (including phenoxy) is 1. The molecule has 0 bridgehead atoms. The van der Waals surface area contributed by atoms with E-state index in [1.54, 1.807) is 30.6 Å². The standard InChI is InChI=1S/C32H20F2IN3O4/c33-20-6-9-22(10-7-20)38-15-13-25(35)23(32(38)40)17-30(39)37-21-8-11-27(24(34)16-21)41-28-12-14-36-26-18-29(42-31(26)28)19-4-2-1-3-5-19/h1-16,18H,17H2,(H,37,39). The molecule has 7 nitrogen and oxygen atoms in total. The summed E-state index contributed by atoms with van der Waals surface area (Å²) >= 11 is 1.98. The monoisotopic (exact) mass is 675 g/mol. The molecule has 1 N–H and O–H groups in total. The van der Waals surface area contributed by atoms with Gasteiger partial charge in [-0.15, -0.1) is 0 Å². The fourth-order valence-corrected chi connectivity index (χ4v) is 4.99. The molecule has 3 heterocycles. The highest BCUT2D eigenvalue weighted by Crippen LogP contribution is 2.35. The lowest BCUT2D eigenvalue weighted by molar-refractivity contribution is -0.115. The van der Waals surface area contributed by atoms with Gasteiger partial charge in [-0.2, -0.15) is 0 Å².